The summed E-state index contributed by atoms with van der Waals surface area (Å²) in [5, 5.41) is 1.37. The molecule has 0 spiro atoms. The zero-order chi connectivity index (χ0) is 19.8. The quantitative estimate of drug-likeness (QED) is 0.455. The molecule has 2 aromatic carbocycles. The lowest BCUT2D eigenvalue weighted by Gasteiger charge is -2.14. The second-order valence-corrected chi connectivity index (χ2v) is 7.32. The zero-order valence-corrected chi connectivity index (χ0v) is 16.9. The SMILES string of the molecule is COC(=O)c1c(Cn2cnc3ccc(Br)cc3c2=O)nc2ccccc2c1C. The highest BCUT2D eigenvalue weighted by Crippen LogP contribution is 2.24. The van der Waals surface area contributed by atoms with Crippen LogP contribution in [0.15, 0.2) is 58.1 Å². The summed E-state index contributed by atoms with van der Waals surface area (Å²) in [5.41, 5.74) is 2.79. The van der Waals surface area contributed by atoms with Crippen molar-refractivity contribution >= 4 is 43.7 Å². The normalized spacial score (nSPS) is 11.1. The molecule has 0 bridgehead atoms. The molecule has 2 aromatic heterocycles. The minimum Gasteiger partial charge on any atom is -0.465 e. The van der Waals surface area contributed by atoms with E-state index in [1.54, 1.807) is 12.1 Å². The van der Waals surface area contributed by atoms with E-state index in [1.807, 2.05) is 37.3 Å². The fourth-order valence-electron chi connectivity index (χ4n) is 3.33. The maximum atomic E-state index is 12.9. The number of fused-ring (bicyclic) bond motifs is 2. The number of methoxy groups -OCH3 is 1. The van der Waals surface area contributed by atoms with Crippen molar-refractivity contribution in [2.75, 3.05) is 7.11 Å². The van der Waals surface area contributed by atoms with Crippen molar-refractivity contribution < 1.29 is 9.53 Å². The monoisotopic (exact) mass is 437 g/mol. The standard InChI is InChI=1S/C21H16BrN3O3/c1-12-14-5-3-4-6-17(14)24-18(19(12)21(27)28-2)10-25-11-23-16-8-7-13(22)9-15(16)20(25)26/h3-9,11H,10H2,1-2H3. The van der Waals surface area contributed by atoms with Crippen LogP contribution in [0.1, 0.15) is 21.6 Å². The van der Waals surface area contributed by atoms with Crippen molar-refractivity contribution in [2.45, 2.75) is 13.5 Å². The average Bonchev–Trinajstić information content (AvgIpc) is 2.70. The Labute approximate surface area is 168 Å². The van der Waals surface area contributed by atoms with E-state index in [0.717, 1.165) is 20.9 Å². The lowest BCUT2D eigenvalue weighted by molar-refractivity contribution is 0.0598. The number of carbonyl (C=O) groups excluding carboxylic acids is 1. The van der Waals surface area contributed by atoms with Crippen molar-refractivity contribution in [1.82, 2.24) is 14.5 Å². The molecule has 0 aliphatic carbocycles. The van der Waals surface area contributed by atoms with Crippen molar-refractivity contribution in [3.8, 4) is 0 Å². The van der Waals surface area contributed by atoms with E-state index in [2.05, 4.69) is 25.9 Å². The van der Waals surface area contributed by atoms with E-state index < -0.39 is 5.97 Å². The molecule has 7 heteroatoms. The van der Waals surface area contributed by atoms with Crippen LogP contribution in [0.3, 0.4) is 0 Å². The van der Waals surface area contributed by atoms with Crippen molar-refractivity contribution in [1.29, 1.82) is 0 Å². The van der Waals surface area contributed by atoms with Crippen LogP contribution in [0.4, 0.5) is 0 Å². The predicted molar refractivity (Wildman–Crippen MR) is 111 cm³/mol. The van der Waals surface area contributed by atoms with Crippen LogP contribution >= 0.6 is 15.9 Å². The number of halogens is 1. The zero-order valence-electron chi connectivity index (χ0n) is 15.3. The second-order valence-electron chi connectivity index (χ2n) is 6.41. The fourth-order valence-corrected chi connectivity index (χ4v) is 3.69. The van der Waals surface area contributed by atoms with Crippen LogP contribution in [-0.2, 0) is 11.3 Å². The van der Waals surface area contributed by atoms with Gasteiger partial charge < -0.3 is 4.74 Å². The number of rotatable bonds is 3. The molecular weight excluding hydrogens is 422 g/mol. The van der Waals surface area contributed by atoms with Gasteiger partial charge in [-0.25, -0.2) is 14.8 Å². The third-order valence-corrected chi connectivity index (χ3v) is 5.22. The van der Waals surface area contributed by atoms with Crippen LogP contribution in [-0.4, -0.2) is 27.6 Å². The molecule has 0 aliphatic rings. The largest absolute Gasteiger partial charge is 0.465 e. The lowest BCUT2D eigenvalue weighted by Crippen LogP contribution is -2.23. The molecule has 0 N–H and O–H groups in total. The molecule has 0 radical (unpaired) electrons. The van der Waals surface area contributed by atoms with E-state index in [-0.39, 0.29) is 12.1 Å². The number of para-hydroxylation sites is 1. The van der Waals surface area contributed by atoms with Gasteiger partial charge in [-0.15, -0.1) is 0 Å². The van der Waals surface area contributed by atoms with Gasteiger partial charge in [-0.3, -0.25) is 9.36 Å². The first-order chi connectivity index (χ1) is 13.5. The topological polar surface area (TPSA) is 74.1 Å². The minimum absolute atomic E-state index is 0.115. The summed E-state index contributed by atoms with van der Waals surface area (Å²) in [6, 6.07) is 12.9. The number of carbonyl (C=O) groups is 1. The molecular formula is C21H16BrN3O3. The number of pyridine rings is 1. The summed E-state index contributed by atoms with van der Waals surface area (Å²) in [7, 11) is 1.34. The van der Waals surface area contributed by atoms with E-state index in [9.17, 15) is 9.59 Å². The molecule has 0 saturated carbocycles. The van der Waals surface area contributed by atoms with Crippen molar-refractivity contribution in [3.05, 3.63) is 80.4 Å². The van der Waals surface area contributed by atoms with E-state index in [4.69, 9.17) is 4.74 Å². The summed E-state index contributed by atoms with van der Waals surface area (Å²) in [6.45, 7) is 1.97. The third-order valence-electron chi connectivity index (χ3n) is 4.72. The number of hydrogen-bond donors (Lipinski definition) is 0. The second kappa shape index (κ2) is 7.16. The molecule has 0 aliphatic heterocycles. The summed E-state index contributed by atoms with van der Waals surface area (Å²) in [4.78, 5) is 34.4. The lowest BCUT2D eigenvalue weighted by atomic mass is 10.0. The molecule has 4 rings (SSSR count). The Balaban J connectivity index is 1.92. The Hall–Kier alpha value is -3.06. The van der Waals surface area contributed by atoms with Crippen LogP contribution in [0.5, 0.6) is 0 Å². The third kappa shape index (κ3) is 3.07. The van der Waals surface area contributed by atoms with Gasteiger partial charge in [0.05, 0.1) is 47.7 Å². The van der Waals surface area contributed by atoms with Gasteiger partial charge in [0.1, 0.15) is 0 Å². The van der Waals surface area contributed by atoms with Crippen LogP contribution in [0.2, 0.25) is 0 Å². The Kier molecular flexibility index (Phi) is 4.68. The molecule has 2 heterocycles. The molecule has 6 nitrogen and oxygen atoms in total. The molecule has 0 amide bonds. The number of benzene rings is 2. The van der Waals surface area contributed by atoms with Gasteiger partial charge >= 0.3 is 5.97 Å². The molecule has 0 atom stereocenters. The molecule has 0 fully saturated rings. The van der Waals surface area contributed by atoms with E-state index >= 15 is 0 Å². The smallest absolute Gasteiger partial charge is 0.340 e. The summed E-state index contributed by atoms with van der Waals surface area (Å²) < 4.78 is 7.23. The van der Waals surface area contributed by atoms with Gasteiger partial charge in [0.2, 0.25) is 0 Å². The maximum Gasteiger partial charge on any atom is 0.340 e. The Morgan fingerprint density at radius 1 is 1.14 bits per heavy atom. The Bertz CT molecular complexity index is 1300. The first-order valence-electron chi connectivity index (χ1n) is 8.61. The van der Waals surface area contributed by atoms with Gasteiger partial charge in [-0.1, -0.05) is 34.1 Å². The average molecular weight is 438 g/mol. The molecule has 4 aromatic rings. The number of aryl methyl sites for hydroxylation is 1. The van der Waals surface area contributed by atoms with Crippen LogP contribution in [0.25, 0.3) is 21.8 Å². The summed E-state index contributed by atoms with van der Waals surface area (Å²) in [5.74, 6) is -0.477. The minimum atomic E-state index is -0.477. The highest BCUT2D eigenvalue weighted by molar-refractivity contribution is 9.10. The van der Waals surface area contributed by atoms with Gasteiger partial charge in [0.25, 0.3) is 5.56 Å². The van der Waals surface area contributed by atoms with Gasteiger partial charge in [0.15, 0.2) is 0 Å². The number of aromatic nitrogens is 3. The van der Waals surface area contributed by atoms with Crippen LogP contribution in [0, 0.1) is 6.92 Å². The predicted octanol–water partition coefficient (Wildman–Crippen LogP) is 3.85. The molecule has 140 valence electrons. The summed E-state index contributed by atoms with van der Waals surface area (Å²) in [6.07, 6.45) is 1.48. The fraction of sp³-hybridized carbons (Fsp3) is 0.143. The highest BCUT2D eigenvalue weighted by atomic mass is 79.9. The van der Waals surface area contributed by atoms with E-state index in [0.29, 0.717) is 22.2 Å². The highest BCUT2D eigenvalue weighted by Gasteiger charge is 2.20. The Morgan fingerprint density at radius 3 is 2.71 bits per heavy atom. The Morgan fingerprint density at radius 2 is 1.93 bits per heavy atom. The first kappa shape index (κ1) is 18.3. The maximum absolute atomic E-state index is 12.9. The number of esters is 1. The van der Waals surface area contributed by atoms with Gasteiger partial charge in [-0.05, 0) is 36.8 Å². The number of nitrogens with zero attached hydrogens (tertiary/aromatic N) is 3. The van der Waals surface area contributed by atoms with Crippen molar-refractivity contribution in [3.63, 3.8) is 0 Å². The first-order valence-corrected chi connectivity index (χ1v) is 9.40. The van der Waals surface area contributed by atoms with Gasteiger partial charge in [0, 0.05) is 9.86 Å². The van der Waals surface area contributed by atoms with Crippen LogP contribution < -0.4 is 5.56 Å². The van der Waals surface area contributed by atoms with E-state index in [1.165, 1.54) is 18.0 Å². The van der Waals surface area contributed by atoms with Crippen molar-refractivity contribution in [2.24, 2.45) is 0 Å². The number of hydrogen-bond acceptors (Lipinski definition) is 5. The molecule has 0 saturated heterocycles. The molecule has 0 unspecified atom stereocenters. The van der Waals surface area contributed by atoms with Gasteiger partial charge in [-0.2, -0.15) is 0 Å². The molecule has 28 heavy (non-hydrogen) atoms. The summed E-state index contributed by atoms with van der Waals surface area (Å²) >= 11 is 3.39. The number of ether oxygens (including phenoxy) is 1.